The zero-order valence-electron chi connectivity index (χ0n) is 8.31. The highest BCUT2D eigenvalue weighted by atomic mass is 32.1. The molecule has 0 atom stereocenters. The second kappa shape index (κ2) is 4.42. The van der Waals surface area contributed by atoms with Gasteiger partial charge in [-0.3, -0.25) is 4.57 Å². The van der Waals surface area contributed by atoms with Crippen LogP contribution in [-0.4, -0.2) is 16.1 Å². The molecule has 0 spiro atoms. The Kier molecular flexibility index (Phi) is 2.99. The lowest BCUT2D eigenvalue weighted by Crippen LogP contribution is -2.03. The molecule has 0 fully saturated rings. The minimum absolute atomic E-state index is 0.669. The Bertz CT molecular complexity index is 498. The summed E-state index contributed by atoms with van der Waals surface area (Å²) in [6.45, 7) is 0.669. The highest BCUT2D eigenvalue weighted by molar-refractivity contribution is 7.71. The van der Waals surface area contributed by atoms with Gasteiger partial charge in [-0.1, -0.05) is 12.1 Å². The van der Waals surface area contributed by atoms with Gasteiger partial charge in [0.25, 0.3) is 0 Å². The topological polar surface area (TPSA) is 46.7 Å². The van der Waals surface area contributed by atoms with Crippen molar-refractivity contribution in [2.24, 2.45) is 5.73 Å². The summed E-state index contributed by atoms with van der Waals surface area (Å²) in [6.07, 6.45) is 4.65. The quantitative estimate of drug-likeness (QED) is 0.776. The molecule has 0 unspecified atom stereocenters. The number of aromatic nitrogens is 2. The van der Waals surface area contributed by atoms with E-state index in [9.17, 15) is 0 Å². The maximum absolute atomic E-state index is 5.53. The third-order valence-electron chi connectivity index (χ3n) is 2.27. The number of nitrogens with two attached hydrogens (primary N) is 1. The number of rotatable bonds is 3. The fourth-order valence-electron chi connectivity index (χ4n) is 1.55. The molecule has 0 aliphatic heterocycles. The van der Waals surface area contributed by atoms with Gasteiger partial charge in [0.1, 0.15) is 0 Å². The third-order valence-corrected chi connectivity index (χ3v) is 2.59. The molecule has 0 aliphatic carbocycles. The predicted octanol–water partition coefficient (Wildman–Crippen LogP) is 2.04. The lowest BCUT2D eigenvalue weighted by molar-refractivity contribution is 0.957. The summed E-state index contributed by atoms with van der Waals surface area (Å²) in [7, 11) is 0. The lowest BCUT2D eigenvalue weighted by Gasteiger charge is -2.04. The van der Waals surface area contributed by atoms with E-state index in [0.717, 1.165) is 12.1 Å². The van der Waals surface area contributed by atoms with E-state index in [1.54, 1.807) is 0 Å². The van der Waals surface area contributed by atoms with Gasteiger partial charge >= 0.3 is 0 Å². The van der Waals surface area contributed by atoms with Crippen LogP contribution in [0.4, 0.5) is 0 Å². The van der Waals surface area contributed by atoms with Crippen LogP contribution in [0.25, 0.3) is 5.69 Å². The van der Waals surface area contributed by atoms with Crippen LogP contribution in [0.1, 0.15) is 5.56 Å². The van der Waals surface area contributed by atoms with Crippen LogP contribution in [-0.2, 0) is 6.42 Å². The van der Waals surface area contributed by atoms with E-state index >= 15 is 0 Å². The van der Waals surface area contributed by atoms with Gasteiger partial charge in [0, 0.05) is 18.1 Å². The van der Waals surface area contributed by atoms with Crippen molar-refractivity contribution in [2.75, 3.05) is 6.54 Å². The van der Waals surface area contributed by atoms with Crippen molar-refractivity contribution in [3.05, 3.63) is 47.0 Å². The standard InChI is InChI=1S/C11H13N3S/c12-5-4-9-2-1-3-10(8-9)14-7-6-13-11(14)15/h1-3,6-8H,4-5,12H2,(H,13,15). The average molecular weight is 219 g/mol. The maximum atomic E-state index is 5.53. The Hall–Kier alpha value is -1.39. The fourth-order valence-corrected chi connectivity index (χ4v) is 1.79. The van der Waals surface area contributed by atoms with Gasteiger partial charge in [-0.05, 0) is 42.9 Å². The van der Waals surface area contributed by atoms with E-state index < -0.39 is 0 Å². The molecule has 1 aromatic heterocycles. The molecular weight excluding hydrogens is 206 g/mol. The van der Waals surface area contributed by atoms with Crippen molar-refractivity contribution < 1.29 is 0 Å². The van der Waals surface area contributed by atoms with Crippen molar-refractivity contribution in [1.29, 1.82) is 0 Å². The summed E-state index contributed by atoms with van der Waals surface area (Å²) < 4.78 is 2.65. The van der Waals surface area contributed by atoms with Crippen molar-refractivity contribution in [3.8, 4) is 5.69 Å². The number of benzene rings is 1. The molecular formula is C11H13N3S. The van der Waals surface area contributed by atoms with Crippen LogP contribution < -0.4 is 5.73 Å². The summed E-state index contributed by atoms with van der Waals surface area (Å²) in [5.41, 5.74) is 7.84. The molecule has 0 amide bonds. The Labute approximate surface area is 93.6 Å². The van der Waals surface area contributed by atoms with Crippen LogP contribution in [0.15, 0.2) is 36.7 Å². The molecule has 15 heavy (non-hydrogen) atoms. The van der Waals surface area contributed by atoms with Gasteiger partial charge in [0.2, 0.25) is 0 Å². The molecule has 0 radical (unpaired) electrons. The average Bonchev–Trinajstić information content (AvgIpc) is 2.65. The third kappa shape index (κ3) is 2.16. The van der Waals surface area contributed by atoms with Crippen LogP contribution >= 0.6 is 12.2 Å². The van der Waals surface area contributed by atoms with E-state index in [0.29, 0.717) is 11.3 Å². The first-order valence-corrected chi connectivity index (χ1v) is 5.27. The number of H-pyrrole nitrogens is 1. The fraction of sp³-hybridized carbons (Fsp3) is 0.182. The van der Waals surface area contributed by atoms with Gasteiger partial charge in [-0.2, -0.15) is 0 Å². The van der Waals surface area contributed by atoms with Gasteiger partial charge in [0.05, 0.1) is 0 Å². The number of hydrogen-bond acceptors (Lipinski definition) is 2. The summed E-state index contributed by atoms with van der Waals surface area (Å²) in [6, 6.07) is 8.24. The Morgan fingerprint density at radius 2 is 2.27 bits per heavy atom. The summed E-state index contributed by atoms with van der Waals surface area (Å²) in [5.74, 6) is 0. The summed E-state index contributed by atoms with van der Waals surface area (Å²) in [4.78, 5) is 2.97. The molecule has 1 heterocycles. The molecule has 0 aliphatic rings. The van der Waals surface area contributed by atoms with E-state index in [2.05, 4.69) is 17.1 Å². The largest absolute Gasteiger partial charge is 0.337 e. The van der Waals surface area contributed by atoms with Crippen molar-refractivity contribution in [3.63, 3.8) is 0 Å². The molecule has 0 bridgehead atoms. The van der Waals surface area contributed by atoms with Crippen LogP contribution in [0, 0.1) is 4.77 Å². The Morgan fingerprint density at radius 3 is 2.93 bits per heavy atom. The molecule has 1 aromatic carbocycles. The predicted molar refractivity (Wildman–Crippen MR) is 63.7 cm³/mol. The van der Waals surface area contributed by atoms with E-state index in [4.69, 9.17) is 18.0 Å². The van der Waals surface area contributed by atoms with Crippen molar-refractivity contribution in [1.82, 2.24) is 9.55 Å². The number of aromatic amines is 1. The van der Waals surface area contributed by atoms with Gasteiger partial charge in [0.15, 0.2) is 4.77 Å². The number of hydrogen-bond donors (Lipinski definition) is 2. The molecule has 4 heteroatoms. The van der Waals surface area contributed by atoms with Crippen LogP contribution in [0.5, 0.6) is 0 Å². The van der Waals surface area contributed by atoms with Crippen LogP contribution in [0.2, 0.25) is 0 Å². The van der Waals surface area contributed by atoms with Crippen LogP contribution in [0.3, 0.4) is 0 Å². The smallest absolute Gasteiger partial charge is 0.181 e. The zero-order chi connectivity index (χ0) is 10.7. The molecule has 2 aromatic rings. The monoisotopic (exact) mass is 219 g/mol. The van der Waals surface area contributed by atoms with Gasteiger partial charge < -0.3 is 10.7 Å². The van der Waals surface area contributed by atoms with Crippen molar-refractivity contribution >= 4 is 12.2 Å². The lowest BCUT2D eigenvalue weighted by atomic mass is 10.1. The molecule has 2 rings (SSSR count). The normalized spacial score (nSPS) is 10.5. The molecule has 78 valence electrons. The minimum atomic E-state index is 0.669. The van der Waals surface area contributed by atoms with E-state index in [-0.39, 0.29) is 0 Å². The first-order valence-electron chi connectivity index (χ1n) is 4.86. The first kappa shape index (κ1) is 10.1. The second-order valence-corrected chi connectivity index (χ2v) is 3.73. The highest BCUT2D eigenvalue weighted by Crippen LogP contribution is 2.11. The van der Waals surface area contributed by atoms with Gasteiger partial charge in [-0.15, -0.1) is 0 Å². The summed E-state index contributed by atoms with van der Waals surface area (Å²) in [5, 5.41) is 0. The molecule has 0 saturated carbocycles. The SMILES string of the molecule is NCCc1cccc(-n2cc[nH]c2=S)c1. The van der Waals surface area contributed by atoms with Gasteiger partial charge in [-0.25, -0.2) is 0 Å². The maximum Gasteiger partial charge on any atom is 0.181 e. The zero-order valence-corrected chi connectivity index (χ0v) is 9.13. The van der Waals surface area contributed by atoms with E-state index in [1.165, 1.54) is 5.56 Å². The minimum Gasteiger partial charge on any atom is -0.337 e. The number of nitrogens with one attached hydrogen (secondary N) is 1. The Morgan fingerprint density at radius 1 is 1.40 bits per heavy atom. The number of nitrogens with zero attached hydrogens (tertiary/aromatic N) is 1. The van der Waals surface area contributed by atoms with E-state index in [1.807, 2.05) is 29.1 Å². The summed E-state index contributed by atoms with van der Waals surface area (Å²) >= 11 is 5.16. The highest BCUT2D eigenvalue weighted by Gasteiger charge is 1.98. The number of imidazole rings is 1. The first-order chi connectivity index (χ1) is 7.31. The molecule has 0 saturated heterocycles. The molecule has 3 nitrogen and oxygen atoms in total. The molecule has 3 N–H and O–H groups in total. The van der Waals surface area contributed by atoms with Crippen molar-refractivity contribution in [2.45, 2.75) is 6.42 Å². The second-order valence-electron chi connectivity index (χ2n) is 3.34. The Balaban J connectivity index is 2.41.